The monoisotopic (exact) mass is 311 g/mol. The summed E-state index contributed by atoms with van der Waals surface area (Å²) in [6.07, 6.45) is 0. The van der Waals surface area contributed by atoms with Crippen LogP contribution in [0.15, 0.2) is 22.7 Å². The van der Waals surface area contributed by atoms with Gasteiger partial charge in [0.05, 0.1) is 0 Å². The van der Waals surface area contributed by atoms with Gasteiger partial charge in [-0.3, -0.25) is 4.90 Å². The fraction of sp³-hybridized carbons (Fsp3) is 0.571. The predicted molar refractivity (Wildman–Crippen MR) is 79.7 cm³/mol. The van der Waals surface area contributed by atoms with E-state index in [1.807, 2.05) is 7.05 Å². The minimum absolute atomic E-state index is 0.924. The van der Waals surface area contributed by atoms with E-state index in [1.54, 1.807) is 0 Å². The van der Waals surface area contributed by atoms with Gasteiger partial charge in [0.2, 0.25) is 0 Å². The number of hydrogen-bond donors (Lipinski definition) is 1. The molecule has 0 aliphatic carbocycles. The number of benzene rings is 1. The molecule has 1 aromatic rings. The Morgan fingerprint density at radius 1 is 1.22 bits per heavy atom. The van der Waals surface area contributed by atoms with Gasteiger partial charge in [-0.15, -0.1) is 0 Å². The van der Waals surface area contributed by atoms with Crippen LogP contribution in [0.3, 0.4) is 0 Å². The molecular formula is C14H22BrN3. The van der Waals surface area contributed by atoms with Gasteiger partial charge in [0.25, 0.3) is 0 Å². The Bertz CT molecular complexity index is 387. The standard InChI is InChI=1S/C14H22BrN3/c1-16-10-12-3-4-13(14(15)9-12)11-18-7-5-17(2)6-8-18/h3-4,9,16H,5-8,10-11H2,1-2H3. The summed E-state index contributed by atoms with van der Waals surface area (Å²) in [4.78, 5) is 4.92. The minimum atomic E-state index is 0.924. The second-order valence-corrected chi connectivity index (χ2v) is 5.89. The normalized spacial score (nSPS) is 18.2. The van der Waals surface area contributed by atoms with Crippen molar-refractivity contribution in [3.05, 3.63) is 33.8 Å². The maximum Gasteiger partial charge on any atom is 0.0246 e. The van der Waals surface area contributed by atoms with Gasteiger partial charge in [0.1, 0.15) is 0 Å². The largest absolute Gasteiger partial charge is 0.316 e. The molecule has 1 aromatic carbocycles. The molecule has 1 saturated heterocycles. The van der Waals surface area contributed by atoms with Gasteiger partial charge in [-0.1, -0.05) is 28.1 Å². The Morgan fingerprint density at radius 3 is 2.56 bits per heavy atom. The summed E-state index contributed by atoms with van der Waals surface area (Å²) in [6.45, 7) is 6.66. The van der Waals surface area contributed by atoms with Gasteiger partial charge in [0.15, 0.2) is 0 Å². The lowest BCUT2D eigenvalue weighted by Crippen LogP contribution is -2.43. The Hall–Kier alpha value is -0.420. The summed E-state index contributed by atoms with van der Waals surface area (Å²) in [5, 5.41) is 3.18. The molecule has 0 atom stereocenters. The first-order chi connectivity index (χ1) is 8.69. The molecule has 1 heterocycles. The van der Waals surface area contributed by atoms with Crippen molar-refractivity contribution in [2.24, 2.45) is 0 Å². The summed E-state index contributed by atoms with van der Waals surface area (Å²) in [6, 6.07) is 6.68. The first kappa shape index (κ1) is 14.0. The van der Waals surface area contributed by atoms with Gasteiger partial charge in [-0.25, -0.2) is 0 Å². The van der Waals surface area contributed by atoms with E-state index in [0.717, 1.165) is 13.1 Å². The maximum absolute atomic E-state index is 3.69. The van der Waals surface area contributed by atoms with E-state index < -0.39 is 0 Å². The molecule has 4 heteroatoms. The van der Waals surface area contributed by atoms with Crippen LogP contribution in [0.1, 0.15) is 11.1 Å². The molecule has 0 amide bonds. The number of piperazine rings is 1. The van der Waals surface area contributed by atoms with Crippen molar-refractivity contribution < 1.29 is 0 Å². The van der Waals surface area contributed by atoms with Crippen LogP contribution >= 0.6 is 15.9 Å². The van der Waals surface area contributed by atoms with Gasteiger partial charge < -0.3 is 10.2 Å². The molecule has 100 valence electrons. The van der Waals surface area contributed by atoms with Crippen LogP contribution in [0.5, 0.6) is 0 Å². The van der Waals surface area contributed by atoms with Crippen LogP contribution < -0.4 is 5.32 Å². The second kappa shape index (κ2) is 6.66. The van der Waals surface area contributed by atoms with E-state index in [2.05, 4.69) is 56.3 Å². The molecule has 2 rings (SSSR count). The van der Waals surface area contributed by atoms with Crippen molar-refractivity contribution in [3.8, 4) is 0 Å². The lowest BCUT2D eigenvalue weighted by atomic mass is 10.1. The van der Waals surface area contributed by atoms with Crippen molar-refractivity contribution >= 4 is 15.9 Å². The highest BCUT2D eigenvalue weighted by molar-refractivity contribution is 9.10. The fourth-order valence-corrected chi connectivity index (χ4v) is 2.83. The van der Waals surface area contributed by atoms with Gasteiger partial charge in [-0.05, 0) is 31.3 Å². The molecule has 1 fully saturated rings. The summed E-state index contributed by atoms with van der Waals surface area (Å²) in [7, 11) is 4.17. The lowest BCUT2D eigenvalue weighted by Gasteiger charge is -2.32. The van der Waals surface area contributed by atoms with Crippen molar-refractivity contribution in [2.45, 2.75) is 13.1 Å². The Labute approximate surface area is 118 Å². The van der Waals surface area contributed by atoms with Crippen molar-refractivity contribution in [1.82, 2.24) is 15.1 Å². The first-order valence-electron chi connectivity index (χ1n) is 6.52. The average molecular weight is 312 g/mol. The van der Waals surface area contributed by atoms with Gasteiger partial charge in [0, 0.05) is 43.7 Å². The third kappa shape index (κ3) is 3.79. The fourth-order valence-electron chi connectivity index (χ4n) is 2.28. The molecule has 0 aromatic heterocycles. The number of rotatable bonds is 4. The van der Waals surface area contributed by atoms with Crippen LogP contribution in [0.25, 0.3) is 0 Å². The van der Waals surface area contributed by atoms with Gasteiger partial charge >= 0.3 is 0 Å². The van der Waals surface area contributed by atoms with Crippen molar-refractivity contribution in [2.75, 3.05) is 40.3 Å². The molecule has 3 nitrogen and oxygen atoms in total. The summed E-state index contributed by atoms with van der Waals surface area (Å²) in [5.41, 5.74) is 2.71. The van der Waals surface area contributed by atoms with E-state index in [4.69, 9.17) is 0 Å². The Balaban J connectivity index is 1.96. The molecular weight excluding hydrogens is 290 g/mol. The number of hydrogen-bond acceptors (Lipinski definition) is 3. The average Bonchev–Trinajstić information content (AvgIpc) is 2.36. The number of nitrogens with zero attached hydrogens (tertiary/aromatic N) is 2. The predicted octanol–water partition coefficient (Wildman–Crippen LogP) is 1.92. The minimum Gasteiger partial charge on any atom is -0.316 e. The van der Waals surface area contributed by atoms with E-state index in [9.17, 15) is 0 Å². The summed E-state index contributed by atoms with van der Waals surface area (Å²) in [5.74, 6) is 0. The molecule has 1 aliphatic rings. The third-order valence-electron chi connectivity index (χ3n) is 3.49. The number of nitrogens with one attached hydrogen (secondary N) is 1. The zero-order valence-electron chi connectivity index (χ0n) is 11.2. The summed E-state index contributed by atoms with van der Waals surface area (Å²) >= 11 is 3.69. The molecule has 0 saturated carbocycles. The van der Waals surface area contributed by atoms with E-state index in [-0.39, 0.29) is 0 Å². The summed E-state index contributed by atoms with van der Waals surface area (Å²) < 4.78 is 1.23. The number of likely N-dealkylation sites (N-methyl/N-ethyl adjacent to an activating group) is 1. The molecule has 0 unspecified atom stereocenters. The van der Waals surface area contributed by atoms with Crippen LogP contribution in [0.2, 0.25) is 0 Å². The van der Waals surface area contributed by atoms with Crippen LogP contribution in [-0.4, -0.2) is 50.1 Å². The van der Waals surface area contributed by atoms with Gasteiger partial charge in [-0.2, -0.15) is 0 Å². The smallest absolute Gasteiger partial charge is 0.0246 e. The second-order valence-electron chi connectivity index (χ2n) is 5.04. The van der Waals surface area contributed by atoms with Crippen LogP contribution in [0, 0.1) is 0 Å². The highest BCUT2D eigenvalue weighted by Gasteiger charge is 2.14. The molecule has 1 N–H and O–H groups in total. The molecule has 0 bridgehead atoms. The zero-order chi connectivity index (χ0) is 13.0. The van der Waals surface area contributed by atoms with Crippen LogP contribution in [0.4, 0.5) is 0 Å². The van der Waals surface area contributed by atoms with E-state index in [0.29, 0.717) is 0 Å². The number of halogens is 1. The molecule has 0 spiro atoms. The highest BCUT2D eigenvalue weighted by Crippen LogP contribution is 2.21. The van der Waals surface area contributed by atoms with E-state index in [1.165, 1.54) is 41.8 Å². The van der Waals surface area contributed by atoms with E-state index >= 15 is 0 Å². The molecule has 1 aliphatic heterocycles. The third-order valence-corrected chi connectivity index (χ3v) is 4.23. The maximum atomic E-state index is 3.69. The SMILES string of the molecule is CNCc1ccc(CN2CCN(C)CC2)c(Br)c1. The lowest BCUT2D eigenvalue weighted by molar-refractivity contribution is 0.148. The topological polar surface area (TPSA) is 18.5 Å². The Kier molecular flexibility index (Phi) is 5.18. The molecule has 0 radical (unpaired) electrons. The first-order valence-corrected chi connectivity index (χ1v) is 7.31. The Morgan fingerprint density at radius 2 is 1.94 bits per heavy atom. The van der Waals surface area contributed by atoms with Crippen molar-refractivity contribution in [1.29, 1.82) is 0 Å². The van der Waals surface area contributed by atoms with Crippen molar-refractivity contribution in [3.63, 3.8) is 0 Å². The zero-order valence-corrected chi connectivity index (χ0v) is 12.8. The quantitative estimate of drug-likeness (QED) is 0.916. The van der Waals surface area contributed by atoms with Crippen LogP contribution in [-0.2, 0) is 13.1 Å². The molecule has 18 heavy (non-hydrogen) atoms. The highest BCUT2D eigenvalue weighted by atomic mass is 79.9.